The molecule has 0 aliphatic heterocycles. The average molecular weight is 306 g/mol. The Hall–Kier alpha value is -1.58. The fraction of sp³-hybridized carbons (Fsp3) is 0.188. The summed E-state index contributed by atoms with van der Waals surface area (Å²) in [7, 11) is 0. The van der Waals surface area contributed by atoms with E-state index in [-0.39, 0.29) is 5.91 Å². The molecule has 1 aromatic heterocycles. The fourth-order valence-corrected chi connectivity index (χ4v) is 2.65. The zero-order valence-corrected chi connectivity index (χ0v) is 12.8. The van der Waals surface area contributed by atoms with Crippen LogP contribution in [0, 0.1) is 6.92 Å². The summed E-state index contributed by atoms with van der Waals surface area (Å²) in [5.74, 6) is -0.0648. The summed E-state index contributed by atoms with van der Waals surface area (Å²) in [5, 5.41) is 3.60. The van der Waals surface area contributed by atoms with Crippen molar-refractivity contribution in [3.63, 3.8) is 0 Å². The highest BCUT2D eigenvalue weighted by atomic mass is 35.5. The molecule has 104 valence electrons. The van der Waals surface area contributed by atoms with Crippen molar-refractivity contribution in [3.8, 4) is 0 Å². The number of amides is 1. The van der Waals surface area contributed by atoms with Gasteiger partial charge in [-0.2, -0.15) is 0 Å². The Morgan fingerprint density at radius 3 is 2.65 bits per heavy atom. The largest absolute Gasteiger partial charge is 0.352 e. The molecule has 0 spiro atoms. The van der Waals surface area contributed by atoms with E-state index < -0.39 is 0 Å². The molecule has 4 heteroatoms. The predicted molar refractivity (Wildman–Crippen MR) is 86.3 cm³/mol. The quantitative estimate of drug-likeness (QED) is 0.829. The van der Waals surface area contributed by atoms with Crippen molar-refractivity contribution < 1.29 is 4.79 Å². The lowest BCUT2D eigenvalue weighted by Gasteiger charge is -2.02. The van der Waals surface area contributed by atoms with Gasteiger partial charge in [0.1, 0.15) is 0 Å². The van der Waals surface area contributed by atoms with Crippen molar-refractivity contribution in [1.82, 2.24) is 5.32 Å². The predicted octanol–water partition coefficient (Wildman–Crippen LogP) is 4.08. The topological polar surface area (TPSA) is 29.1 Å². The van der Waals surface area contributed by atoms with Crippen molar-refractivity contribution in [3.05, 3.63) is 62.8 Å². The molecule has 0 saturated carbocycles. The molecule has 0 atom stereocenters. The molecule has 0 unspecified atom stereocenters. The summed E-state index contributed by atoms with van der Waals surface area (Å²) in [6, 6.07) is 11.7. The third kappa shape index (κ3) is 4.83. The van der Waals surface area contributed by atoms with Crippen LogP contribution >= 0.6 is 22.9 Å². The Morgan fingerprint density at radius 1 is 1.25 bits per heavy atom. The Bertz CT molecular complexity index is 601. The van der Waals surface area contributed by atoms with Crippen molar-refractivity contribution >= 4 is 34.9 Å². The molecule has 20 heavy (non-hydrogen) atoms. The van der Waals surface area contributed by atoms with Gasteiger partial charge in [0.2, 0.25) is 5.91 Å². The summed E-state index contributed by atoms with van der Waals surface area (Å²) >= 11 is 7.49. The normalized spacial score (nSPS) is 10.9. The Kier molecular flexibility index (Phi) is 5.39. The van der Waals surface area contributed by atoms with E-state index in [0.29, 0.717) is 6.54 Å². The smallest absolute Gasteiger partial charge is 0.244 e. The fourth-order valence-electron chi connectivity index (χ4n) is 1.74. The van der Waals surface area contributed by atoms with Crippen LogP contribution in [0.15, 0.2) is 42.5 Å². The highest BCUT2D eigenvalue weighted by Gasteiger charge is 1.98. The summed E-state index contributed by atoms with van der Waals surface area (Å²) < 4.78 is 0. The molecule has 1 N–H and O–H groups in total. The number of aryl methyl sites for hydroxylation is 1. The van der Waals surface area contributed by atoms with E-state index in [4.69, 9.17) is 11.6 Å². The third-order valence-corrected chi connectivity index (χ3v) is 4.00. The first-order valence-corrected chi connectivity index (χ1v) is 7.60. The first-order chi connectivity index (χ1) is 9.63. The van der Waals surface area contributed by atoms with Crippen LogP contribution in [-0.2, 0) is 11.2 Å². The van der Waals surface area contributed by atoms with Crippen molar-refractivity contribution in [2.45, 2.75) is 13.3 Å². The summed E-state index contributed by atoms with van der Waals surface area (Å²) in [5.41, 5.74) is 1.16. The number of hydrogen-bond donors (Lipinski definition) is 1. The third-order valence-electron chi connectivity index (χ3n) is 2.79. The van der Waals surface area contributed by atoms with Crippen LogP contribution in [0.4, 0.5) is 0 Å². The van der Waals surface area contributed by atoms with Crippen LogP contribution in [-0.4, -0.2) is 12.5 Å². The molecular formula is C16H16ClNOS. The van der Waals surface area contributed by atoms with Gasteiger partial charge in [0.15, 0.2) is 0 Å². The van der Waals surface area contributed by atoms with Crippen LogP contribution in [0.1, 0.15) is 15.3 Å². The van der Waals surface area contributed by atoms with Gasteiger partial charge < -0.3 is 5.32 Å². The highest BCUT2D eigenvalue weighted by Crippen LogP contribution is 2.16. The summed E-state index contributed by atoms with van der Waals surface area (Å²) in [6.07, 6.45) is 4.22. The SMILES string of the molecule is Cc1ccc(/C=C/C(=O)NCCc2ccc(Cl)cc2)s1. The minimum absolute atomic E-state index is 0.0648. The van der Waals surface area contributed by atoms with Gasteiger partial charge in [-0.25, -0.2) is 0 Å². The molecule has 2 rings (SSSR count). The minimum atomic E-state index is -0.0648. The van der Waals surface area contributed by atoms with Gasteiger partial charge in [-0.1, -0.05) is 23.7 Å². The van der Waals surface area contributed by atoms with Gasteiger partial charge in [-0.05, 0) is 49.2 Å². The molecule has 0 bridgehead atoms. The van der Waals surface area contributed by atoms with Gasteiger partial charge in [0, 0.05) is 27.4 Å². The van der Waals surface area contributed by atoms with Gasteiger partial charge in [-0.15, -0.1) is 11.3 Å². The van der Waals surface area contributed by atoms with Crippen molar-refractivity contribution in [2.24, 2.45) is 0 Å². The zero-order valence-electron chi connectivity index (χ0n) is 11.2. The molecule has 0 saturated heterocycles. The second-order valence-electron chi connectivity index (χ2n) is 4.45. The first kappa shape index (κ1) is 14.8. The highest BCUT2D eigenvalue weighted by molar-refractivity contribution is 7.12. The minimum Gasteiger partial charge on any atom is -0.352 e. The van der Waals surface area contributed by atoms with Crippen LogP contribution in [0.5, 0.6) is 0 Å². The molecule has 2 aromatic rings. The monoisotopic (exact) mass is 305 g/mol. The number of benzene rings is 1. The molecule has 1 aromatic carbocycles. The van der Waals surface area contributed by atoms with Crippen LogP contribution < -0.4 is 5.32 Å². The van der Waals surface area contributed by atoms with E-state index in [1.807, 2.05) is 49.4 Å². The van der Waals surface area contributed by atoms with Gasteiger partial charge in [-0.3, -0.25) is 4.79 Å². The van der Waals surface area contributed by atoms with Gasteiger partial charge >= 0.3 is 0 Å². The maximum Gasteiger partial charge on any atom is 0.244 e. The maximum absolute atomic E-state index is 11.7. The van der Waals surface area contributed by atoms with Crippen molar-refractivity contribution in [1.29, 1.82) is 0 Å². The lowest BCUT2D eigenvalue weighted by Crippen LogP contribution is -2.23. The van der Waals surface area contributed by atoms with E-state index >= 15 is 0 Å². The number of hydrogen-bond acceptors (Lipinski definition) is 2. The Balaban J connectivity index is 1.75. The van der Waals surface area contributed by atoms with Gasteiger partial charge in [0.05, 0.1) is 0 Å². The summed E-state index contributed by atoms with van der Waals surface area (Å²) in [6.45, 7) is 2.67. The van der Waals surface area contributed by atoms with Gasteiger partial charge in [0.25, 0.3) is 0 Å². The molecule has 1 heterocycles. The lowest BCUT2D eigenvalue weighted by atomic mass is 10.1. The number of halogens is 1. The van der Waals surface area contributed by atoms with E-state index in [9.17, 15) is 4.79 Å². The molecule has 0 radical (unpaired) electrons. The molecule has 0 fully saturated rings. The molecule has 1 amide bonds. The molecular weight excluding hydrogens is 290 g/mol. The zero-order chi connectivity index (χ0) is 14.4. The maximum atomic E-state index is 11.7. The van der Waals surface area contributed by atoms with E-state index in [1.54, 1.807) is 17.4 Å². The van der Waals surface area contributed by atoms with E-state index in [2.05, 4.69) is 5.32 Å². The average Bonchev–Trinajstić information content (AvgIpc) is 2.85. The number of rotatable bonds is 5. The van der Waals surface area contributed by atoms with E-state index in [1.165, 1.54) is 4.88 Å². The summed E-state index contributed by atoms with van der Waals surface area (Å²) in [4.78, 5) is 14.0. The van der Waals surface area contributed by atoms with Crippen molar-refractivity contribution in [2.75, 3.05) is 6.54 Å². The Labute approximate surface area is 128 Å². The lowest BCUT2D eigenvalue weighted by molar-refractivity contribution is -0.116. The first-order valence-electron chi connectivity index (χ1n) is 6.40. The standard InChI is InChI=1S/C16H16ClNOS/c1-12-2-7-15(20-12)8-9-16(19)18-11-10-13-3-5-14(17)6-4-13/h2-9H,10-11H2,1H3,(H,18,19)/b9-8+. The molecule has 0 aliphatic rings. The Morgan fingerprint density at radius 2 is 2.00 bits per heavy atom. The number of carbonyl (C=O) groups is 1. The molecule has 0 aliphatic carbocycles. The number of carbonyl (C=O) groups excluding carboxylic acids is 1. The number of thiophene rings is 1. The van der Waals surface area contributed by atoms with Crippen LogP contribution in [0.3, 0.4) is 0 Å². The molecule has 2 nitrogen and oxygen atoms in total. The van der Waals surface area contributed by atoms with E-state index in [0.717, 1.165) is 21.9 Å². The van der Waals surface area contributed by atoms with Crippen LogP contribution in [0.2, 0.25) is 5.02 Å². The second-order valence-corrected chi connectivity index (χ2v) is 6.21. The number of nitrogens with one attached hydrogen (secondary N) is 1. The van der Waals surface area contributed by atoms with Crippen LogP contribution in [0.25, 0.3) is 6.08 Å². The second kappa shape index (κ2) is 7.27.